The number of carbonyl (C=O) groups is 1. The Labute approximate surface area is 174 Å². The molecule has 10 heteroatoms. The van der Waals surface area contributed by atoms with E-state index < -0.39 is 15.9 Å². The maximum absolute atomic E-state index is 13.2. The number of fused-ring (bicyclic) bond motifs is 3. The highest BCUT2D eigenvalue weighted by Gasteiger charge is 2.34. The lowest BCUT2D eigenvalue weighted by Gasteiger charge is -2.19. The molecule has 9 nitrogen and oxygen atoms in total. The van der Waals surface area contributed by atoms with Crippen molar-refractivity contribution in [2.45, 2.75) is 18.4 Å². The normalized spacial score (nSPS) is 15.1. The molecule has 0 atom stereocenters. The van der Waals surface area contributed by atoms with Gasteiger partial charge in [-0.25, -0.2) is 13.4 Å². The van der Waals surface area contributed by atoms with Crippen LogP contribution in [0.3, 0.4) is 0 Å². The minimum atomic E-state index is -3.77. The molecule has 1 amide bonds. The molecule has 1 aliphatic rings. The molecule has 1 aliphatic heterocycles. The van der Waals surface area contributed by atoms with Gasteiger partial charge in [0.25, 0.3) is 5.91 Å². The van der Waals surface area contributed by atoms with Crippen LogP contribution in [-0.4, -0.2) is 53.4 Å². The van der Waals surface area contributed by atoms with E-state index in [1.807, 2.05) is 6.92 Å². The number of aromatic nitrogens is 3. The highest BCUT2D eigenvalue weighted by Crippen LogP contribution is 2.31. The Hall–Kier alpha value is -3.08. The quantitative estimate of drug-likeness (QED) is 0.667. The van der Waals surface area contributed by atoms with E-state index in [1.54, 1.807) is 47.2 Å². The number of rotatable bonds is 5. The number of hydrogen-bond donors (Lipinski definition) is 1. The smallest absolute Gasteiger partial charge is 0.276 e. The average molecular weight is 427 g/mol. The van der Waals surface area contributed by atoms with Crippen LogP contribution >= 0.6 is 0 Å². The number of aryl methyl sites for hydroxylation is 1. The summed E-state index contributed by atoms with van der Waals surface area (Å²) in [7, 11) is -2.26. The van der Waals surface area contributed by atoms with Gasteiger partial charge in [-0.05, 0) is 31.2 Å². The second-order valence-corrected chi connectivity index (χ2v) is 8.76. The van der Waals surface area contributed by atoms with Crippen molar-refractivity contribution in [2.75, 3.05) is 25.6 Å². The predicted octanol–water partition coefficient (Wildman–Crippen LogP) is 1.98. The van der Waals surface area contributed by atoms with E-state index in [-0.39, 0.29) is 30.3 Å². The number of methoxy groups -OCH3 is 1. The van der Waals surface area contributed by atoms with Crippen molar-refractivity contribution in [2.24, 2.45) is 0 Å². The topological polar surface area (TPSA) is 106 Å². The summed E-state index contributed by atoms with van der Waals surface area (Å²) in [5.74, 6) is -0.433. The molecule has 0 unspecified atom stereocenters. The third-order valence-corrected chi connectivity index (χ3v) is 6.76. The summed E-state index contributed by atoms with van der Waals surface area (Å²) in [4.78, 5) is 21.6. The molecule has 0 radical (unpaired) electrons. The summed E-state index contributed by atoms with van der Waals surface area (Å²) < 4.78 is 34.5. The molecule has 3 heterocycles. The van der Waals surface area contributed by atoms with Gasteiger partial charge in [0, 0.05) is 19.3 Å². The number of pyridine rings is 1. The molecule has 3 aromatic rings. The largest absolute Gasteiger partial charge is 0.383 e. The molecule has 1 aromatic carbocycles. The number of sulfonamides is 1. The van der Waals surface area contributed by atoms with Gasteiger partial charge in [0.15, 0.2) is 5.69 Å². The summed E-state index contributed by atoms with van der Waals surface area (Å²) in [5, 5.41) is 2.77. The number of hydrogen-bond acceptors (Lipinski definition) is 6. The van der Waals surface area contributed by atoms with Gasteiger partial charge in [-0.1, -0.05) is 12.1 Å². The van der Waals surface area contributed by atoms with Crippen LogP contribution in [0.4, 0.5) is 5.69 Å². The fraction of sp³-hybridized carbons (Fsp3) is 0.250. The van der Waals surface area contributed by atoms with Gasteiger partial charge in [0.05, 0.1) is 36.4 Å². The SMILES string of the molecule is COCCN1Cc2c(C(=O)Nc3ccc(C)nc3)ncn2-c2ccccc2S1(=O)=O. The molecular formula is C20H21N5O4S. The number of anilines is 1. The van der Waals surface area contributed by atoms with Gasteiger partial charge in [-0.2, -0.15) is 4.31 Å². The van der Waals surface area contributed by atoms with Crippen LogP contribution in [-0.2, 0) is 21.3 Å². The number of nitrogens with zero attached hydrogens (tertiary/aromatic N) is 4. The molecule has 0 spiro atoms. The van der Waals surface area contributed by atoms with Gasteiger partial charge in [0.1, 0.15) is 11.2 Å². The molecule has 0 fully saturated rings. The summed E-state index contributed by atoms with van der Waals surface area (Å²) in [5.41, 5.74) is 2.46. The second kappa shape index (κ2) is 7.98. The Bertz CT molecular complexity index is 1190. The summed E-state index contributed by atoms with van der Waals surface area (Å²) in [6, 6.07) is 10.2. The standard InChI is InChI=1S/C20H21N5O4S/c1-14-7-8-15(11-21-14)23-20(26)19-17-12-24(9-10-29-2)30(27,28)18-6-4-3-5-16(18)25(17)13-22-19/h3-8,11,13H,9-10,12H2,1-2H3,(H,23,26). The van der Waals surface area contributed by atoms with Crippen molar-refractivity contribution in [3.63, 3.8) is 0 Å². The third-order valence-electron chi connectivity index (χ3n) is 4.86. The molecule has 156 valence electrons. The first-order chi connectivity index (χ1) is 14.4. The molecule has 2 aromatic heterocycles. The zero-order valence-electron chi connectivity index (χ0n) is 16.6. The first-order valence-electron chi connectivity index (χ1n) is 9.30. The minimum absolute atomic E-state index is 0.00469. The molecule has 1 N–H and O–H groups in total. The number of imidazole rings is 1. The lowest BCUT2D eigenvalue weighted by molar-refractivity contribution is 0.102. The Morgan fingerprint density at radius 3 is 2.73 bits per heavy atom. The number of para-hydroxylation sites is 1. The maximum Gasteiger partial charge on any atom is 0.276 e. The molecule has 0 saturated heterocycles. The van der Waals surface area contributed by atoms with Crippen LogP contribution in [0.2, 0.25) is 0 Å². The van der Waals surface area contributed by atoms with Crippen molar-refractivity contribution in [1.82, 2.24) is 18.8 Å². The number of ether oxygens (including phenoxy) is 1. The first kappa shape index (κ1) is 20.2. The van der Waals surface area contributed by atoms with Crippen LogP contribution in [0.25, 0.3) is 5.69 Å². The lowest BCUT2D eigenvalue weighted by atomic mass is 10.2. The van der Waals surface area contributed by atoms with Crippen molar-refractivity contribution >= 4 is 21.6 Å². The Balaban J connectivity index is 1.77. The highest BCUT2D eigenvalue weighted by atomic mass is 32.2. The fourth-order valence-electron chi connectivity index (χ4n) is 3.31. The van der Waals surface area contributed by atoms with Gasteiger partial charge in [0.2, 0.25) is 10.0 Å². The first-order valence-corrected chi connectivity index (χ1v) is 10.7. The van der Waals surface area contributed by atoms with Crippen LogP contribution in [0.15, 0.2) is 53.8 Å². The Morgan fingerprint density at radius 2 is 2.00 bits per heavy atom. The van der Waals surface area contributed by atoms with Gasteiger partial charge >= 0.3 is 0 Å². The third kappa shape index (κ3) is 3.60. The highest BCUT2D eigenvalue weighted by molar-refractivity contribution is 7.89. The van der Waals surface area contributed by atoms with E-state index in [2.05, 4.69) is 15.3 Å². The van der Waals surface area contributed by atoms with Crippen LogP contribution in [0.1, 0.15) is 21.9 Å². The zero-order valence-corrected chi connectivity index (χ0v) is 17.4. The number of carbonyl (C=O) groups excluding carboxylic acids is 1. The second-order valence-electron chi connectivity index (χ2n) is 6.85. The molecule has 0 bridgehead atoms. The monoisotopic (exact) mass is 427 g/mol. The van der Waals surface area contributed by atoms with Crippen LogP contribution < -0.4 is 5.32 Å². The molecule has 30 heavy (non-hydrogen) atoms. The van der Waals surface area contributed by atoms with Crippen LogP contribution in [0, 0.1) is 6.92 Å². The van der Waals surface area contributed by atoms with Gasteiger partial charge in [-0.15, -0.1) is 0 Å². The van der Waals surface area contributed by atoms with Gasteiger partial charge in [-0.3, -0.25) is 14.3 Å². The fourth-order valence-corrected chi connectivity index (χ4v) is 4.88. The zero-order chi connectivity index (χ0) is 21.3. The number of amides is 1. The van der Waals surface area contributed by atoms with E-state index in [4.69, 9.17) is 4.74 Å². The molecule has 0 saturated carbocycles. The Morgan fingerprint density at radius 1 is 1.20 bits per heavy atom. The summed E-state index contributed by atoms with van der Waals surface area (Å²) in [6.07, 6.45) is 3.04. The lowest BCUT2D eigenvalue weighted by Crippen LogP contribution is -2.33. The van der Waals surface area contributed by atoms with Gasteiger partial charge < -0.3 is 10.1 Å². The van der Waals surface area contributed by atoms with Crippen molar-refractivity contribution in [3.8, 4) is 5.69 Å². The summed E-state index contributed by atoms with van der Waals surface area (Å²) in [6.45, 7) is 2.23. The average Bonchev–Trinajstić information content (AvgIpc) is 3.12. The van der Waals surface area contributed by atoms with E-state index in [0.29, 0.717) is 17.1 Å². The van der Waals surface area contributed by atoms with Crippen molar-refractivity contribution in [3.05, 3.63) is 66.0 Å². The number of benzene rings is 1. The van der Waals surface area contributed by atoms with E-state index in [1.165, 1.54) is 17.7 Å². The van der Waals surface area contributed by atoms with E-state index >= 15 is 0 Å². The van der Waals surface area contributed by atoms with Crippen molar-refractivity contribution in [1.29, 1.82) is 0 Å². The molecular weight excluding hydrogens is 406 g/mol. The van der Waals surface area contributed by atoms with Crippen LogP contribution in [0.5, 0.6) is 0 Å². The summed E-state index contributed by atoms with van der Waals surface area (Å²) >= 11 is 0. The Kier molecular flexibility index (Phi) is 5.37. The molecule has 4 rings (SSSR count). The number of nitrogens with one attached hydrogen (secondary N) is 1. The van der Waals surface area contributed by atoms with E-state index in [0.717, 1.165) is 5.69 Å². The predicted molar refractivity (Wildman–Crippen MR) is 110 cm³/mol. The van der Waals surface area contributed by atoms with E-state index in [9.17, 15) is 13.2 Å². The maximum atomic E-state index is 13.2. The molecule has 0 aliphatic carbocycles. The van der Waals surface area contributed by atoms with Crippen molar-refractivity contribution < 1.29 is 17.9 Å². The minimum Gasteiger partial charge on any atom is -0.383 e.